The molecule has 0 unspecified atom stereocenters. The van der Waals surface area contributed by atoms with Gasteiger partial charge in [0.1, 0.15) is 0 Å². The fourth-order valence-electron chi connectivity index (χ4n) is 1.92. The van der Waals surface area contributed by atoms with Crippen LogP contribution in [0.25, 0.3) is 0 Å². The molecule has 0 aliphatic heterocycles. The number of nitrogens with zero attached hydrogens (tertiary/aromatic N) is 1. The molecule has 0 radical (unpaired) electrons. The van der Waals surface area contributed by atoms with Crippen molar-refractivity contribution in [3.8, 4) is 5.88 Å². The highest BCUT2D eigenvalue weighted by Crippen LogP contribution is 2.33. The van der Waals surface area contributed by atoms with E-state index in [1.54, 1.807) is 18.2 Å². The number of aromatic nitrogens is 1. The van der Waals surface area contributed by atoms with Crippen molar-refractivity contribution in [2.24, 2.45) is 0 Å². The molecule has 1 aromatic heterocycles. The van der Waals surface area contributed by atoms with Crippen LogP contribution >= 0.6 is 23.2 Å². The molecule has 1 amide bonds. The zero-order chi connectivity index (χ0) is 17.9. The van der Waals surface area contributed by atoms with Crippen LogP contribution in [0.2, 0.25) is 10.0 Å². The molecule has 0 fully saturated rings. The summed E-state index contributed by atoms with van der Waals surface area (Å²) >= 11 is 11.8. The number of methoxy groups -OCH3 is 1. The normalized spacial score (nSPS) is 11.2. The standard InChI is InChI=1S/C15H11Cl2F3N2O2/c1-24-12-5-10(15(18,19)20)9(7-21-12)14(23)22-6-8-3-2-4-11(16)13(8)17/h2-5,7H,6H2,1H3,(H,22,23). The van der Waals surface area contributed by atoms with E-state index in [1.165, 1.54) is 7.11 Å². The van der Waals surface area contributed by atoms with Gasteiger partial charge in [-0.3, -0.25) is 4.79 Å². The van der Waals surface area contributed by atoms with Gasteiger partial charge in [-0.1, -0.05) is 35.3 Å². The summed E-state index contributed by atoms with van der Waals surface area (Å²) in [5.41, 5.74) is -1.27. The average molecular weight is 379 g/mol. The second-order valence-corrected chi connectivity index (χ2v) is 5.45. The van der Waals surface area contributed by atoms with Crippen molar-refractivity contribution in [2.45, 2.75) is 12.7 Å². The summed E-state index contributed by atoms with van der Waals surface area (Å²) in [6.07, 6.45) is -3.91. The van der Waals surface area contributed by atoms with Crippen LogP contribution in [0, 0.1) is 0 Å². The van der Waals surface area contributed by atoms with E-state index < -0.39 is 23.2 Å². The largest absolute Gasteiger partial charge is 0.481 e. The number of rotatable bonds is 4. The van der Waals surface area contributed by atoms with Crippen molar-refractivity contribution < 1.29 is 22.7 Å². The fraction of sp³-hybridized carbons (Fsp3) is 0.200. The van der Waals surface area contributed by atoms with Gasteiger partial charge in [0.15, 0.2) is 0 Å². The molecule has 1 heterocycles. The Morgan fingerprint density at radius 3 is 2.67 bits per heavy atom. The number of carbonyl (C=O) groups is 1. The molecule has 128 valence electrons. The lowest BCUT2D eigenvalue weighted by atomic mass is 10.1. The Morgan fingerprint density at radius 2 is 2.04 bits per heavy atom. The van der Waals surface area contributed by atoms with Gasteiger partial charge in [0.2, 0.25) is 5.88 Å². The lowest BCUT2D eigenvalue weighted by molar-refractivity contribution is -0.138. The highest BCUT2D eigenvalue weighted by Gasteiger charge is 2.36. The van der Waals surface area contributed by atoms with Crippen LogP contribution in [0.4, 0.5) is 13.2 Å². The van der Waals surface area contributed by atoms with Gasteiger partial charge < -0.3 is 10.1 Å². The molecule has 2 rings (SSSR count). The number of nitrogens with one attached hydrogen (secondary N) is 1. The number of benzene rings is 1. The predicted octanol–water partition coefficient (Wildman–Crippen LogP) is 4.35. The second kappa shape index (κ2) is 7.27. The molecule has 0 saturated heterocycles. The van der Waals surface area contributed by atoms with Crippen molar-refractivity contribution >= 4 is 29.1 Å². The Morgan fingerprint density at radius 1 is 1.33 bits per heavy atom. The minimum Gasteiger partial charge on any atom is -0.481 e. The first-order valence-electron chi connectivity index (χ1n) is 6.56. The van der Waals surface area contributed by atoms with Gasteiger partial charge in [-0.15, -0.1) is 0 Å². The lowest BCUT2D eigenvalue weighted by Crippen LogP contribution is -2.26. The van der Waals surface area contributed by atoms with Gasteiger partial charge in [-0.05, 0) is 11.6 Å². The number of amides is 1. The third-order valence-electron chi connectivity index (χ3n) is 3.11. The number of pyridine rings is 1. The van der Waals surface area contributed by atoms with Gasteiger partial charge in [0, 0.05) is 18.8 Å². The van der Waals surface area contributed by atoms with E-state index in [9.17, 15) is 18.0 Å². The molecule has 9 heteroatoms. The van der Waals surface area contributed by atoms with Crippen LogP contribution in [0.15, 0.2) is 30.5 Å². The summed E-state index contributed by atoms with van der Waals surface area (Å²) in [5.74, 6) is -1.18. The van der Waals surface area contributed by atoms with E-state index in [1.807, 2.05) is 0 Å². The first-order chi connectivity index (χ1) is 11.2. The van der Waals surface area contributed by atoms with Gasteiger partial charge >= 0.3 is 6.18 Å². The van der Waals surface area contributed by atoms with Gasteiger partial charge in [0.25, 0.3) is 5.91 Å². The Bertz CT molecular complexity index is 767. The zero-order valence-corrected chi connectivity index (χ0v) is 13.8. The van der Waals surface area contributed by atoms with Crippen LogP contribution in [0.5, 0.6) is 5.88 Å². The number of ether oxygens (including phenoxy) is 1. The maximum atomic E-state index is 13.1. The lowest BCUT2D eigenvalue weighted by Gasteiger charge is -2.14. The molecule has 0 bridgehead atoms. The smallest absolute Gasteiger partial charge is 0.417 e. The van der Waals surface area contributed by atoms with Crippen LogP contribution in [-0.2, 0) is 12.7 Å². The first kappa shape index (κ1) is 18.4. The third-order valence-corrected chi connectivity index (χ3v) is 3.97. The number of hydrogen-bond acceptors (Lipinski definition) is 3. The van der Waals surface area contributed by atoms with Gasteiger partial charge in [0.05, 0.1) is 28.3 Å². The van der Waals surface area contributed by atoms with Crippen molar-refractivity contribution in [3.05, 3.63) is 57.2 Å². The molecule has 0 aliphatic rings. The average Bonchev–Trinajstić information content (AvgIpc) is 2.54. The molecule has 0 spiro atoms. The third kappa shape index (κ3) is 4.10. The molecule has 0 saturated carbocycles. The van der Waals surface area contributed by atoms with E-state index >= 15 is 0 Å². The van der Waals surface area contributed by atoms with Crippen LogP contribution in [-0.4, -0.2) is 18.0 Å². The number of carbonyl (C=O) groups excluding carboxylic acids is 1. The quantitative estimate of drug-likeness (QED) is 0.860. The van der Waals surface area contributed by atoms with Crippen LogP contribution in [0.3, 0.4) is 0 Å². The highest BCUT2D eigenvalue weighted by atomic mass is 35.5. The number of hydrogen-bond donors (Lipinski definition) is 1. The van der Waals surface area contributed by atoms with Gasteiger partial charge in [-0.2, -0.15) is 13.2 Å². The topological polar surface area (TPSA) is 51.2 Å². The summed E-state index contributed by atoms with van der Waals surface area (Å²) in [7, 11) is 1.18. The molecular weight excluding hydrogens is 368 g/mol. The van der Waals surface area contributed by atoms with Crippen molar-refractivity contribution in [1.82, 2.24) is 10.3 Å². The fourth-order valence-corrected chi connectivity index (χ4v) is 2.31. The minimum atomic E-state index is -4.73. The monoisotopic (exact) mass is 378 g/mol. The van der Waals surface area contributed by atoms with Crippen molar-refractivity contribution in [1.29, 1.82) is 0 Å². The Hall–Kier alpha value is -1.99. The molecule has 0 aliphatic carbocycles. The van der Waals surface area contributed by atoms with E-state index in [4.69, 9.17) is 23.2 Å². The molecule has 1 aromatic carbocycles. The Balaban J connectivity index is 2.25. The maximum Gasteiger partial charge on any atom is 0.417 e. The molecule has 0 atom stereocenters. The molecule has 2 aromatic rings. The summed E-state index contributed by atoms with van der Waals surface area (Å²) in [5, 5.41) is 2.88. The van der Waals surface area contributed by atoms with E-state index in [2.05, 4.69) is 15.0 Å². The Kier molecular flexibility index (Phi) is 5.56. The van der Waals surface area contributed by atoms with E-state index in [0.717, 1.165) is 6.20 Å². The highest BCUT2D eigenvalue weighted by molar-refractivity contribution is 6.42. The number of alkyl halides is 3. The van der Waals surface area contributed by atoms with Gasteiger partial charge in [-0.25, -0.2) is 4.98 Å². The summed E-state index contributed by atoms with van der Waals surface area (Å²) in [6, 6.07) is 5.45. The van der Waals surface area contributed by atoms with Crippen LogP contribution in [0.1, 0.15) is 21.5 Å². The van der Waals surface area contributed by atoms with E-state index in [-0.39, 0.29) is 22.5 Å². The molecule has 24 heavy (non-hydrogen) atoms. The summed E-state index contributed by atoms with van der Waals surface area (Å²) < 4.78 is 44.0. The zero-order valence-electron chi connectivity index (χ0n) is 12.2. The van der Waals surface area contributed by atoms with Crippen molar-refractivity contribution in [2.75, 3.05) is 7.11 Å². The first-order valence-corrected chi connectivity index (χ1v) is 7.32. The predicted molar refractivity (Wildman–Crippen MR) is 83.4 cm³/mol. The van der Waals surface area contributed by atoms with Crippen LogP contribution < -0.4 is 10.1 Å². The second-order valence-electron chi connectivity index (χ2n) is 4.67. The van der Waals surface area contributed by atoms with E-state index in [0.29, 0.717) is 11.6 Å². The molecule has 1 N–H and O–H groups in total. The number of halogens is 5. The summed E-state index contributed by atoms with van der Waals surface area (Å²) in [6.45, 7) is -0.0818. The molecular formula is C15H11Cl2F3N2O2. The maximum absolute atomic E-state index is 13.1. The Labute approximate surface area is 145 Å². The van der Waals surface area contributed by atoms with Crippen molar-refractivity contribution in [3.63, 3.8) is 0 Å². The minimum absolute atomic E-state index is 0.0818. The summed E-state index contributed by atoms with van der Waals surface area (Å²) in [4.78, 5) is 15.8. The SMILES string of the molecule is COc1cc(C(F)(F)F)c(C(=O)NCc2cccc(Cl)c2Cl)cn1. The molecule has 4 nitrogen and oxygen atoms in total.